The lowest BCUT2D eigenvalue weighted by atomic mass is 9.96. The molecule has 1 aliphatic rings. The fraction of sp³-hybridized carbons (Fsp3) is 0.778. The number of allylic oxidation sites excluding steroid dienone is 1. The second-order valence-corrected chi connectivity index (χ2v) is 2.85. The van der Waals surface area contributed by atoms with Gasteiger partial charge in [-0.15, -0.1) is 0 Å². The van der Waals surface area contributed by atoms with Crippen molar-refractivity contribution >= 4 is 0 Å². The lowest BCUT2D eigenvalue weighted by Crippen LogP contribution is -2.13. The molecule has 0 fully saturated rings. The predicted molar refractivity (Wildman–Crippen MR) is 43.0 cm³/mol. The van der Waals surface area contributed by atoms with Gasteiger partial charge in [0, 0.05) is 7.11 Å². The molecule has 0 saturated carbocycles. The summed E-state index contributed by atoms with van der Waals surface area (Å²) in [7, 11) is 1.80. The van der Waals surface area contributed by atoms with Crippen LogP contribution in [-0.4, -0.2) is 13.2 Å². The van der Waals surface area contributed by atoms with Crippen molar-refractivity contribution in [1.29, 1.82) is 0 Å². The van der Waals surface area contributed by atoms with Crippen molar-refractivity contribution in [3.8, 4) is 0 Å². The first-order valence-corrected chi connectivity index (χ1v) is 4.07. The van der Waals surface area contributed by atoms with Crippen LogP contribution in [0.2, 0.25) is 0 Å². The Morgan fingerprint density at radius 1 is 1.70 bits per heavy atom. The summed E-state index contributed by atoms with van der Waals surface area (Å²) in [5.74, 6) is 0. The number of hydrogen-bond acceptors (Lipinski definition) is 1. The van der Waals surface area contributed by atoms with Crippen LogP contribution in [0.4, 0.5) is 0 Å². The van der Waals surface area contributed by atoms with Gasteiger partial charge in [0.15, 0.2) is 0 Å². The molecule has 0 N–H and O–H groups in total. The standard InChI is InChI=1S/C9H16O/c1-3-8-4-6-9(10-2)7-5-8/h4,9H,3,5-7H2,1-2H3. The third kappa shape index (κ3) is 1.84. The van der Waals surface area contributed by atoms with Crippen LogP contribution in [-0.2, 0) is 4.74 Å². The molecule has 1 unspecified atom stereocenters. The van der Waals surface area contributed by atoms with Gasteiger partial charge in [-0.25, -0.2) is 0 Å². The van der Waals surface area contributed by atoms with E-state index in [1.807, 2.05) is 0 Å². The van der Waals surface area contributed by atoms with E-state index in [-0.39, 0.29) is 0 Å². The summed E-state index contributed by atoms with van der Waals surface area (Å²) in [5.41, 5.74) is 1.60. The van der Waals surface area contributed by atoms with Gasteiger partial charge in [-0.2, -0.15) is 0 Å². The average molecular weight is 140 g/mol. The molecule has 0 radical (unpaired) electrons. The third-order valence-electron chi connectivity index (χ3n) is 2.24. The Labute approximate surface area is 63.1 Å². The van der Waals surface area contributed by atoms with Crippen LogP contribution in [0.5, 0.6) is 0 Å². The highest BCUT2D eigenvalue weighted by Gasteiger charge is 2.11. The summed E-state index contributed by atoms with van der Waals surface area (Å²) in [6.07, 6.45) is 7.63. The molecule has 1 atom stereocenters. The summed E-state index contributed by atoms with van der Waals surface area (Å²) < 4.78 is 5.24. The molecule has 1 heteroatoms. The van der Waals surface area contributed by atoms with Gasteiger partial charge in [-0.3, -0.25) is 0 Å². The van der Waals surface area contributed by atoms with Crippen molar-refractivity contribution in [2.24, 2.45) is 0 Å². The quantitative estimate of drug-likeness (QED) is 0.535. The molecule has 0 saturated heterocycles. The highest BCUT2D eigenvalue weighted by atomic mass is 16.5. The number of methoxy groups -OCH3 is 1. The van der Waals surface area contributed by atoms with E-state index in [4.69, 9.17) is 4.74 Å². The van der Waals surface area contributed by atoms with Crippen LogP contribution in [0.1, 0.15) is 32.6 Å². The Morgan fingerprint density at radius 3 is 2.90 bits per heavy atom. The van der Waals surface area contributed by atoms with Gasteiger partial charge in [0.2, 0.25) is 0 Å². The van der Waals surface area contributed by atoms with Crippen molar-refractivity contribution in [2.75, 3.05) is 7.11 Å². The predicted octanol–water partition coefficient (Wildman–Crippen LogP) is 2.52. The molecular weight excluding hydrogens is 124 g/mol. The molecule has 0 aromatic rings. The first-order chi connectivity index (χ1) is 4.86. The molecule has 0 heterocycles. The van der Waals surface area contributed by atoms with E-state index in [0.29, 0.717) is 6.10 Å². The Balaban J connectivity index is 2.36. The van der Waals surface area contributed by atoms with Crippen molar-refractivity contribution in [3.05, 3.63) is 11.6 Å². The molecule has 0 bridgehead atoms. The van der Waals surface area contributed by atoms with Gasteiger partial charge < -0.3 is 4.74 Å². The molecule has 0 aromatic heterocycles. The number of ether oxygens (including phenoxy) is 1. The highest BCUT2D eigenvalue weighted by Crippen LogP contribution is 2.21. The van der Waals surface area contributed by atoms with Crippen LogP contribution in [0.3, 0.4) is 0 Å². The Morgan fingerprint density at radius 2 is 2.50 bits per heavy atom. The van der Waals surface area contributed by atoms with Crippen LogP contribution in [0.15, 0.2) is 11.6 Å². The van der Waals surface area contributed by atoms with Crippen LogP contribution in [0.25, 0.3) is 0 Å². The van der Waals surface area contributed by atoms with Gasteiger partial charge in [0.25, 0.3) is 0 Å². The van der Waals surface area contributed by atoms with Crippen molar-refractivity contribution < 1.29 is 4.74 Å². The lowest BCUT2D eigenvalue weighted by Gasteiger charge is -2.19. The van der Waals surface area contributed by atoms with Crippen molar-refractivity contribution in [3.63, 3.8) is 0 Å². The molecule has 58 valence electrons. The van der Waals surface area contributed by atoms with E-state index in [1.165, 1.54) is 19.3 Å². The fourth-order valence-corrected chi connectivity index (χ4v) is 1.40. The zero-order valence-electron chi connectivity index (χ0n) is 6.89. The molecule has 10 heavy (non-hydrogen) atoms. The van der Waals surface area contributed by atoms with E-state index in [1.54, 1.807) is 12.7 Å². The molecule has 0 aliphatic heterocycles. The molecule has 0 amide bonds. The van der Waals surface area contributed by atoms with Crippen LogP contribution < -0.4 is 0 Å². The SMILES string of the molecule is CCC1=CCC(OC)CC1. The minimum Gasteiger partial charge on any atom is -0.381 e. The van der Waals surface area contributed by atoms with Crippen molar-refractivity contribution in [2.45, 2.75) is 38.7 Å². The highest BCUT2D eigenvalue weighted by molar-refractivity contribution is 5.05. The summed E-state index contributed by atoms with van der Waals surface area (Å²) in [4.78, 5) is 0. The number of rotatable bonds is 2. The van der Waals surface area contributed by atoms with Gasteiger partial charge in [0.05, 0.1) is 6.10 Å². The van der Waals surface area contributed by atoms with Crippen molar-refractivity contribution in [1.82, 2.24) is 0 Å². The number of hydrogen-bond donors (Lipinski definition) is 0. The second-order valence-electron chi connectivity index (χ2n) is 2.85. The molecule has 1 aliphatic carbocycles. The average Bonchev–Trinajstić information content (AvgIpc) is 2.05. The maximum Gasteiger partial charge on any atom is 0.0608 e. The van der Waals surface area contributed by atoms with Gasteiger partial charge in [-0.05, 0) is 25.7 Å². The molecular formula is C9H16O. The Kier molecular flexibility index (Phi) is 2.94. The van der Waals surface area contributed by atoms with E-state index >= 15 is 0 Å². The zero-order valence-corrected chi connectivity index (χ0v) is 6.89. The maximum absolute atomic E-state index is 5.24. The largest absolute Gasteiger partial charge is 0.381 e. The second kappa shape index (κ2) is 3.77. The lowest BCUT2D eigenvalue weighted by molar-refractivity contribution is 0.0937. The van der Waals surface area contributed by atoms with E-state index in [9.17, 15) is 0 Å². The Bertz CT molecular complexity index is 127. The topological polar surface area (TPSA) is 9.23 Å². The minimum atomic E-state index is 0.496. The molecule has 1 rings (SSSR count). The normalized spacial score (nSPS) is 26.2. The summed E-state index contributed by atoms with van der Waals surface area (Å²) in [5, 5.41) is 0. The molecule has 0 aromatic carbocycles. The molecule has 1 nitrogen and oxygen atoms in total. The first kappa shape index (κ1) is 7.80. The monoisotopic (exact) mass is 140 g/mol. The Hall–Kier alpha value is -0.300. The van der Waals surface area contributed by atoms with E-state index < -0.39 is 0 Å². The van der Waals surface area contributed by atoms with Gasteiger partial charge in [0.1, 0.15) is 0 Å². The first-order valence-electron chi connectivity index (χ1n) is 4.07. The summed E-state index contributed by atoms with van der Waals surface area (Å²) in [6.45, 7) is 2.22. The zero-order chi connectivity index (χ0) is 7.40. The fourth-order valence-electron chi connectivity index (χ4n) is 1.40. The van der Waals surface area contributed by atoms with Crippen LogP contribution in [0, 0.1) is 0 Å². The minimum absolute atomic E-state index is 0.496. The van der Waals surface area contributed by atoms with E-state index in [2.05, 4.69) is 13.0 Å². The van der Waals surface area contributed by atoms with Gasteiger partial charge >= 0.3 is 0 Å². The molecule has 0 spiro atoms. The van der Waals surface area contributed by atoms with E-state index in [0.717, 1.165) is 6.42 Å². The van der Waals surface area contributed by atoms with Gasteiger partial charge in [-0.1, -0.05) is 18.6 Å². The smallest absolute Gasteiger partial charge is 0.0608 e. The third-order valence-corrected chi connectivity index (χ3v) is 2.24. The maximum atomic E-state index is 5.24. The van der Waals surface area contributed by atoms with Crippen LogP contribution >= 0.6 is 0 Å². The summed E-state index contributed by atoms with van der Waals surface area (Å²) in [6, 6.07) is 0. The summed E-state index contributed by atoms with van der Waals surface area (Å²) >= 11 is 0.